The second-order valence-corrected chi connectivity index (χ2v) is 4.87. The predicted octanol–water partition coefficient (Wildman–Crippen LogP) is 3.41. The van der Waals surface area contributed by atoms with E-state index in [2.05, 4.69) is 25.8 Å². The summed E-state index contributed by atoms with van der Waals surface area (Å²) in [6, 6.07) is 0.598. The first-order valence-electron chi connectivity index (χ1n) is 7.16. The fourth-order valence-corrected chi connectivity index (χ4v) is 2.11. The van der Waals surface area contributed by atoms with Crippen LogP contribution >= 0.6 is 0 Å². The van der Waals surface area contributed by atoms with Gasteiger partial charge in [-0.3, -0.25) is 0 Å². The van der Waals surface area contributed by atoms with Crippen molar-refractivity contribution < 1.29 is 0 Å². The molecule has 0 aliphatic rings. The third-order valence-corrected chi connectivity index (χ3v) is 3.54. The highest BCUT2D eigenvalue weighted by molar-refractivity contribution is 4.68. The largest absolute Gasteiger partial charge is 0.329 e. The molecule has 0 saturated carbocycles. The average molecular weight is 228 g/mol. The minimum Gasteiger partial charge on any atom is -0.329 e. The molecule has 0 spiro atoms. The maximum Gasteiger partial charge on any atom is 0.0215 e. The van der Waals surface area contributed by atoms with Crippen LogP contribution in [0.4, 0.5) is 0 Å². The Balaban J connectivity index is 3.34. The monoisotopic (exact) mass is 228 g/mol. The number of nitrogens with zero attached hydrogens (tertiary/aromatic N) is 1. The van der Waals surface area contributed by atoms with Crippen molar-refractivity contribution in [2.45, 2.75) is 71.3 Å². The average Bonchev–Trinajstić information content (AvgIpc) is 2.32. The van der Waals surface area contributed by atoms with Gasteiger partial charge in [0.2, 0.25) is 0 Å². The van der Waals surface area contributed by atoms with E-state index < -0.39 is 0 Å². The van der Waals surface area contributed by atoms with E-state index in [-0.39, 0.29) is 0 Å². The molecule has 2 heteroatoms. The maximum atomic E-state index is 5.79. The molecule has 0 aliphatic carbocycles. The van der Waals surface area contributed by atoms with Crippen LogP contribution < -0.4 is 5.73 Å². The van der Waals surface area contributed by atoms with Crippen LogP contribution in [0.5, 0.6) is 0 Å². The van der Waals surface area contributed by atoms with Crippen molar-refractivity contribution in [2.24, 2.45) is 5.73 Å². The highest BCUT2D eigenvalue weighted by Gasteiger charge is 2.09. The topological polar surface area (TPSA) is 29.3 Å². The van der Waals surface area contributed by atoms with Crippen LogP contribution in [-0.4, -0.2) is 31.1 Å². The number of rotatable bonds is 11. The molecule has 0 heterocycles. The van der Waals surface area contributed by atoms with Gasteiger partial charge in [0.25, 0.3) is 0 Å². The summed E-state index contributed by atoms with van der Waals surface area (Å²) in [5.74, 6) is 0. The molecular weight excluding hydrogens is 196 g/mol. The summed E-state index contributed by atoms with van der Waals surface area (Å²) < 4.78 is 0. The molecule has 0 aliphatic heterocycles. The number of likely N-dealkylation sites (N-methyl/N-ethyl adjacent to an activating group) is 1. The number of nitrogens with two attached hydrogens (primary N) is 1. The molecule has 0 aromatic carbocycles. The van der Waals surface area contributed by atoms with Gasteiger partial charge in [0.05, 0.1) is 0 Å². The van der Waals surface area contributed by atoms with Gasteiger partial charge < -0.3 is 10.6 Å². The van der Waals surface area contributed by atoms with E-state index in [0.717, 1.165) is 13.1 Å². The molecule has 0 bridgehead atoms. The third-order valence-electron chi connectivity index (χ3n) is 3.54. The van der Waals surface area contributed by atoms with Crippen LogP contribution in [0.1, 0.15) is 65.2 Å². The van der Waals surface area contributed by atoms with Crippen molar-refractivity contribution in [2.75, 3.05) is 20.1 Å². The van der Waals surface area contributed by atoms with Crippen LogP contribution in [-0.2, 0) is 0 Å². The van der Waals surface area contributed by atoms with Crippen LogP contribution in [0, 0.1) is 0 Å². The molecule has 1 atom stereocenters. The zero-order valence-corrected chi connectivity index (χ0v) is 11.7. The molecule has 0 rings (SSSR count). The van der Waals surface area contributed by atoms with Gasteiger partial charge in [0.1, 0.15) is 0 Å². The van der Waals surface area contributed by atoms with E-state index >= 15 is 0 Å². The van der Waals surface area contributed by atoms with Crippen molar-refractivity contribution in [3.63, 3.8) is 0 Å². The first-order chi connectivity index (χ1) is 7.76. The minimum atomic E-state index is 0.598. The van der Waals surface area contributed by atoms with Gasteiger partial charge in [-0.25, -0.2) is 0 Å². The van der Waals surface area contributed by atoms with Crippen LogP contribution in [0.25, 0.3) is 0 Å². The molecule has 98 valence electrons. The van der Waals surface area contributed by atoms with Crippen LogP contribution in [0.2, 0.25) is 0 Å². The lowest BCUT2D eigenvalue weighted by Crippen LogP contribution is -2.37. The molecule has 2 N–H and O–H groups in total. The van der Waals surface area contributed by atoms with Gasteiger partial charge in [-0.2, -0.15) is 0 Å². The Morgan fingerprint density at radius 3 is 2.00 bits per heavy atom. The summed E-state index contributed by atoms with van der Waals surface area (Å²) >= 11 is 0. The molecule has 16 heavy (non-hydrogen) atoms. The Morgan fingerprint density at radius 2 is 1.50 bits per heavy atom. The fraction of sp³-hybridized carbons (Fsp3) is 1.00. The Morgan fingerprint density at radius 1 is 0.938 bits per heavy atom. The lowest BCUT2D eigenvalue weighted by atomic mass is 10.0. The second kappa shape index (κ2) is 11.4. The van der Waals surface area contributed by atoms with Gasteiger partial charge in [-0.1, -0.05) is 58.8 Å². The summed E-state index contributed by atoms with van der Waals surface area (Å²) in [4.78, 5) is 2.37. The molecule has 2 nitrogen and oxygen atoms in total. The highest BCUT2D eigenvalue weighted by Crippen LogP contribution is 2.11. The Hall–Kier alpha value is -0.0800. The lowest BCUT2D eigenvalue weighted by Gasteiger charge is -2.25. The Labute approximate surface area is 103 Å². The van der Waals surface area contributed by atoms with Crippen molar-refractivity contribution >= 4 is 0 Å². The molecule has 1 unspecified atom stereocenters. The SMILES string of the molecule is CCCCCCCCCC(CN)N(C)CC. The smallest absolute Gasteiger partial charge is 0.0215 e. The zero-order chi connectivity index (χ0) is 12.2. The first-order valence-corrected chi connectivity index (χ1v) is 7.16. The first kappa shape index (κ1) is 15.9. The number of hydrogen-bond acceptors (Lipinski definition) is 2. The van der Waals surface area contributed by atoms with Crippen molar-refractivity contribution in [3.05, 3.63) is 0 Å². The Kier molecular flexibility index (Phi) is 11.3. The van der Waals surface area contributed by atoms with E-state index in [9.17, 15) is 0 Å². The molecule has 0 aromatic heterocycles. The van der Waals surface area contributed by atoms with E-state index in [0.29, 0.717) is 6.04 Å². The van der Waals surface area contributed by atoms with Crippen molar-refractivity contribution in [3.8, 4) is 0 Å². The van der Waals surface area contributed by atoms with Gasteiger partial charge in [-0.05, 0) is 20.0 Å². The fourth-order valence-electron chi connectivity index (χ4n) is 2.11. The highest BCUT2D eigenvalue weighted by atomic mass is 15.1. The van der Waals surface area contributed by atoms with Gasteiger partial charge in [0.15, 0.2) is 0 Å². The quantitative estimate of drug-likeness (QED) is 0.549. The van der Waals surface area contributed by atoms with Crippen LogP contribution in [0.3, 0.4) is 0 Å². The van der Waals surface area contributed by atoms with Gasteiger partial charge >= 0.3 is 0 Å². The van der Waals surface area contributed by atoms with Gasteiger partial charge in [-0.15, -0.1) is 0 Å². The maximum absolute atomic E-state index is 5.79. The minimum absolute atomic E-state index is 0.598. The predicted molar refractivity (Wildman–Crippen MR) is 73.8 cm³/mol. The number of unbranched alkanes of at least 4 members (excludes halogenated alkanes) is 6. The molecule has 0 fully saturated rings. The summed E-state index contributed by atoms with van der Waals surface area (Å²) in [7, 11) is 2.18. The second-order valence-electron chi connectivity index (χ2n) is 4.87. The van der Waals surface area contributed by atoms with E-state index in [1.807, 2.05) is 0 Å². The van der Waals surface area contributed by atoms with Crippen molar-refractivity contribution in [1.82, 2.24) is 4.90 Å². The number of hydrogen-bond donors (Lipinski definition) is 1. The lowest BCUT2D eigenvalue weighted by molar-refractivity contribution is 0.241. The summed E-state index contributed by atoms with van der Waals surface area (Å²) in [6.07, 6.45) is 11.0. The van der Waals surface area contributed by atoms with E-state index in [1.54, 1.807) is 0 Å². The molecule has 0 radical (unpaired) electrons. The molecular formula is C14H32N2. The van der Waals surface area contributed by atoms with Crippen molar-refractivity contribution in [1.29, 1.82) is 0 Å². The summed E-state index contributed by atoms with van der Waals surface area (Å²) in [6.45, 7) is 6.39. The van der Waals surface area contributed by atoms with Crippen LogP contribution in [0.15, 0.2) is 0 Å². The zero-order valence-electron chi connectivity index (χ0n) is 11.7. The standard InChI is InChI=1S/C14H32N2/c1-4-6-7-8-9-10-11-12-14(13-15)16(3)5-2/h14H,4-13,15H2,1-3H3. The Bertz CT molecular complexity index is 137. The van der Waals surface area contributed by atoms with E-state index in [4.69, 9.17) is 5.73 Å². The molecule has 0 saturated heterocycles. The van der Waals surface area contributed by atoms with E-state index in [1.165, 1.54) is 51.4 Å². The third kappa shape index (κ3) is 8.12. The normalized spacial score (nSPS) is 13.3. The molecule has 0 aromatic rings. The summed E-state index contributed by atoms with van der Waals surface area (Å²) in [5, 5.41) is 0. The molecule has 0 amide bonds. The summed E-state index contributed by atoms with van der Waals surface area (Å²) in [5.41, 5.74) is 5.79. The van der Waals surface area contributed by atoms with Gasteiger partial charge in [0, 0.05) is 12.6 Å².